The summed E-state index contributed by atoms with van der Waals surface area (Å²) in [4.78, 5) is 10.5. The van der Waals surface area contributed by atoms with Crippen molar-refractivity contribution < 1.29 is 18.7 Å². The molecule has 1 N–H and O–H groups in total. The van der Waals surface area contributed by atoms with E-state index in [4.69, 9.17) is 5.11 Å². The first kappa shape index (κ1) is 11.5. The highest BCUT2D eigenvalue weighted by Gasteiger charge is 2.08. The molecule has 0 atom stereocenters. The fraction of sp³-hybridized carbons (Fsp3) is 0.154. The van der Waals surface area contributed by atoms with Gasteiger partial charge in [-0.15, -0.1) is 0 Å². The van der Waals surface area contributed by atoms with E-state index in [1.165, 1.54) is 12.1 Å². The van der Waals surface area contributed by atoms with Crippen LogP contribution >= 0.6 is 0 Å². The normalized spacial score (nSPS) is 11.0. The summed E-state index contributed by atoms with van der Waals surface area (Å²) in [6.07, 6.45) is -2.55. The highest BCUT2D eigenvalue weighted by molar-refractivity contribution is 5.85. The third kappa shape index (κ3) is 2.58. The van der Waals surface area contributed by atoms with E-state index in [2.05, 4.69) is 0 Å². The molecule has 0 amide bonds. The van der Waals surface area contributed by atoms with Crippen LogP contribution in [0.3, 0.4) is 0 Å². The van der Waals surface area contributed by atoms with Gasteiger partial charge in [0.15, 0.2) is 0 Å². The van der Waals surface area contributed by atoms with Crippen molar-refractivity contribution in [3.8, 4) is 0 Å². The molecule has 0 bridgehead atoms. The highest BCUT2D eigenvalue weighted by atomic mass is 19.3. The molecule has 0 fully saturated rings. The summed E-state index contributed by atoms with van der Waals surface area (Å²) in [6, 6.07) is 9.38. The second-order valence-corrected chi connectivity index (χ2v) is 3.81. The van der Waals surface area contributed by atoms with Gasteiger partial charge >= 0.3 is 5.97 Å². The van der Waals surface area contributed by atoms with Crippen LogP contribution in [0.1, 0.15) is 17.6 Å². The van der Waals surface area contributed by atoms with Crippen LogP contribution in [0.5, 0.6) is 0 Å². The van der Waals surface area contributed by atoms with E-state index in [9.17, 15) is 13.6 Å². The van der Waals surface area contributed by atoms with Crippen LogP contribution in [0.15, 0.2) is 36.4 Å². The summed E-state index contributed by atoms with van der Waals surface area (Å²) in [6.45, 7) is 0. The average molecular weight is 236 g/mol. The Bertz CT molecular complexity index is 564. The van der Waals surface area contributed by atoms with Crippen LogP contribution in [0.25, 0.3) is 10.8 Å². The predicted octanol–water partition coefficient (Wildman–Crippen LogP) is 3.40. The molecular weight excluding hydrogens is 226 g/mol. The number of fused-ring (bicyclic) bond motifs is 1. The lowest BCUT2D eigenvalue weighted by Gasteiger charge is -2.04. The summed E-state index contributed by atoms with van der Waals surface area (Å²) in [5.74, 6) is -0.909. The first-order valence-electron chi connectivity index (χ1n) is 5.09. The Labute approximate surface area is 96.5 Å². The number of carboxylic acid groups (broad SMARTS) is 1. The van der Waals surface area contributed by atoms with E-state index in [1.54, 1.807) is 24.3 Å². The third-order valence-electron chi connectivity index (χ3n) is 2.54. The molecule has 88 valence electrons. The first-order chi connectivity index (χ1) is 8.06. The second kappa shape index (κ2) is 4.49. The van der Waals surface area contributed by atoms with Crippen LogP contribution in [0.4, 0.5) is 8.78 Å². The first-order valence-corrected chi connectivity index (χ1v) is 5.09. The van der Waals surface area contributed by atoms with E-state index in [0.717, 1.165) is 5.39 Å². The van der Waals surface area contributed by atoms with E-state index < -0.39 is 12.4 Å². The van der Waals surface area contributed by atoms with Gasteiger partial charge in [-0.25, -0.2) is 8.78 Å². The monoisotopic (exact) mass is 236 g/mol. The molecule has 0 saturated carbocycles. The molecule has 2 aromatic carbocycles. The average Bonchev–Trinajstić information content (AvgIpc) is 2.27. The number of halogens is 2. The maximum atomic E-state index is 12.5. The quantitative estimate of drug-likeness (QED) is 0.886. The van der Waals surface area contributed by atoms with Gasteiger partial charge in [-0.05, 0) is 22.4 Å². The van der Waals surface area contributed by atoms with Crippen LogP contribution < -0.4 is 0 Å². The minimum Gasteiger partial charge on any atom is -0.481 e. The molecule has 17 heavy (non-hydrogen) atoms. The fourth-order valence-corrected chi connectivity index (χ4v) is 1.73. The summed E-state index contributed by atoms with van der Waals surface area (Å²) in [7, 11) is 0. The van der Waals surface area contributed by atoms with E-state index >= 15 is 0 Å². The minimum absolute atomic E-state index is 0.0246. The van der Waals surface area contributed by atoms with Crippen molar-refractivity contribution in [3.63, 3.8) is 0 Å². The maximum Gasteiger partial charge on any atom is 0.307 e. The summed E-state index contributed by atoms with van der Waals surface area (Å²) < 4.78 is 24.9. The number of carbonyl (C=O) groups is 1. The van der Waals surface area contributed by atoms with Crippen molar-refractivity contribution >= 4 is 16.7 Å². The number of aliphatic carboxylic acids is 1. The molecule has 2 rings (SSSR count). The van der Waals surface area contributed by atoms with Crippen molar-refractivity contribution in [2.24, 2.45) is 0 Å². The molecule has 0 heterocycles. The Kier molecular flexibility index (Phi) is 3.04. The van der Waals surface area contributed by atoms with Gasteiger partial charge in [0, 0.05) is 5.56 Å². The van der Waals surface area contributed by atoms with Crippen LogP contribution in [0.2, 0.25) is 0 Å². The largest absolute Gasteiger partial charge is 0.481 e. The lowest BCUT2D eigenvalue weighted by Crippen LogP contribution is -1.99. The second-order valence-electron chi connectivity index (χ2n) is 3.81. The zero-order valence-electron chi connectivity index (χ0n) is 8.86. The van der Waals surface area contributed by atoms with Crippen LogP contribution in [-0.2, 0) is 11.2 Å². The van der Waals surface area contributed by atoms with E-state index in [0.29, 0.717) is 10.9 Å². The molecule has 0 aliphatic carbocycles. The lowest BCUT2D eigenvalue weighted by atomic mass is 10.0. The van der Waals surface area contributed by atoms with E-state index in [-0.39, 0.29) is 12.0 Å². The molecule has 0 saturated heterocycles. The van der Waals surface area contributed by atoms with Crippen molar-refractivity contribution in [1.29, 1.82) is 0 Å². The maximum absolute atomic E-state index is 12.5. The number of alkyl halides is 2. The van der Waals surface area contributed by atoms with E-state index in [1.807, 2.05) is 0 Å². The number of benzene rings is 2. The van der Waals surface area contributed by atoms with Gasteiger partial charge in [-0.3, -0.25) is 4.79 Å². The Morgan fingerprint density at radius 2 is 1.76 bits per heavy atom. The van der Waals surface area contributed by atoms with Crippen LogP contribution in [-0.4, -0.2) is 11.1 Å². The molecule has 0 unspecified atom stereocenters. The molecule has 0 aromatic heterocycles. The van der Waals surface area contributed by atoms with Gasteiger partial charge in [0.05, 0.1) is 6.42 Å². The van der Waals surface area contributed by atoms with Crippen LogP contribution in [0, 0.1) is 0 Å². The number of hydrogen-bond acceptors (Lipinski definition) is 1. The van der Waals surface area contributed by atoms with Crippen molar-refractivity contribution in [1.82, 2.24) is 0 Å². The minimum atomic E-state index is -2.49. The van der Waals surface area contributed by atoms with Gasteiger partial charge in [0.1, 0.15) is 0 Å². The molecule has 0 aliphatic heterocycles. The van der Waals surface area contributed by atoms with Crippen molar-refractivity contribution in [3.05, 3.63) is 47.5 Å². The Hall–Kier alpha value is -1.97. The molecule has 0 spiro atoms. The standard InChI is InChI=1S/C13H10F2O2/c14-13(15)11-4-3-9-5-8(6-12(16)17)1-2-10(9)7-11/h1-5,7,13H,6H2,(H,16,17). The zero-order chi connectivity index (χ0) is 12.4. The Balaban J connectivity index is 2.43. The number of carboxylic acids is 1. The van der Waals surface area contributed by atoms with Crippen molar-refractivity contribution in [2.45, 2.75) is 12.8 Å². The molecule has 0 radical (unpaired) electrons. The van der Waals surface area contributed by atoms with Gasteiger partial charge in [0.25, 0.3) is 6.43 Å². The smallest absolute Gasteiger partial charge is 0.307 e. The number of hydrogen-bond donors (Lipinski definition) is 1. The fourth-order valence-electron chi connectivity index (χ4n) is 1.73. The Morgan fingerprint density at radius 3 is 2.41 bits per heavy atom. The number of rotatable bonds is 3. The van der Waals surface area contributed by atoms with Gasteiger partial charge in [0.2, 0.25) is 0 Å². The molecule has 2 nitrogen and oxygen atoms in total. The molecule has 2 aromatic rings. The summed E-state index contributed by atoms with van der Waals surface area (Å²) in [5.41, 5.74) is 0.637. The molecular formula is C13H10F2O2. The summed E-state index contributed by atoms with van der Waals surface area (Å²) >= 11 is 0. The Morgan fingerprint density at radius 1 is 1.12 bits per heavy atom. The molecule has 0 aliphatic rings. The summed E-state index contributed by atoms with van der Waals surface area (Å²) in [5, 5.41) is 10.1. The topological polar surface area (TPSA) is 37.3 Å². The SMILES string of the molecule is O=C(O)Cc1ccc2cc(C(F)F)ccc2c1. The third-order valence-corrected chi connectivity index (χ3v) is 2.54. The van der Waals surface area contributed by atoms with Crippen molar-refractivity contribution in [2.75, 3.05) is 0 Å². The predicted molar refractivity (Wildman–Crippen MR) is 60.2 cm³/mol. The lowest BCUT2D eigenvalue weighted by molar-refractivity contribution is -0.136. The zero-order valence-corrected chi connectivity index (χ0v) is 8.86. The van der Waals surface area contributed by atoms with Gasteiger partial charge in [-0.1, -0.05) is 30.3 Å². The highest BCUT2D eigenvalue weighted by Crippen LogP contribution is 2.24. The molecule has 4 heteroatoms. The van der Waals surface area contributed by atoms with Gasteiger partial charge in [-0.2, -0.15) is 0 Å². The van der Waals surface area contributed by atoms with Gasteiger partial charge < -0.3 is 5.11 Å².